The summed E-state index contributed by atoms with van der Waals surface area (Å²) < 4.78 is 5.98. The van der Waals surface area contributed by atoms with Crippen LogP contribution in [0.25, 0.3) is 0 Å². The number of piperazine rings is 1. The van der Waals surface area contributed by atoms with E-state index in [9.17, 15) is 0 Å². The highest BCUT2D eigenvalue weighted by Gasteiger charge is 2.20. The van der Waals surface area contributed by atoms with Crippen LogP contribution in [-0.4, -0.2) is 60.7 Å². The molecule has 1 aromatic carbocycles. The maximum atomic E-state index is 6.08. The van der Waals surface area contributed by atoms with Gasteiger partial charge in [0, 0.05) is 61.9 Å². The van der Waals surface area contributed by atoms with E-state index in [4.69, 9.17) is 16.1 Å². The van der Waals surface area contributed by atoms with Crippen molar-refractivity contribution in [2.24, 2.45) is 4.99 Å². The number of aliphatic imine (C=N–C) groups is 1. The third-order valence-electron chi connectivity index (χ3n) is 4.45. The number of guanidine groups is 1. The summed E-state index contributed by atoms with van der Waals surface area (Å²) in [5.74, 6) is 0.948. The largest absolute Gasteiger partial charge is 0.364 e. The van der Waals surface area contributed by atoms with Crippen molar-refractivity contribution >= 4 is 33.5 Å². The molecule has 0 atom stereocenters. The van der Waals surface area contributed by atoms with E-state index in [0.29, 0.717) is 0 Å². The van der Waals surface area contributed by atoms with E-state index in [1.165, 1.54) is 5.56 Å². The van der Waals surface area contributed by atoms with Gasteiger partial charge in [0.15, 0.2) is 5.96 Å². The molecular weight excluding hydrogens is 418 g/mol. The Labute approximate surface area is 167 Å². The van der Waals surface area contributed by atoms with E-state index in [1.807, 2.05) is 31.3 Å². The van der Waals surface area contributed by atoms with Crippen LogP contribution in [0.3, 0.4) is 0 Å². The van der Waals surface area contributed by atoms with Gasteiger partial charge in [-0.1, -0.05) is 32.7 Å². The van der Waals surface area contributed by atoms with Gasteiger partial charge in [0.05, 0.1) is 5.69 Å². The van der Waals surface area contributed by atoms with Gasteiger partial charge in [0.1, 0.15) is 6.26 Å². The van der Waals surface area contributed by atoms with Crippen molar-refractivity contribution in [3.05, 3.63) is 51.3 Å². The van der Waals surface area contributed by atoms with Crippen LogP contribution < -0.4 is 5.32 Å². The third kappa shape index (κ3) is 5.22. The second kappa shape index (κ2) is 9.39. The number of halogens is 2. The summed E-state index contributed by atoms with van der Waals surface area (Å²) in [6.45, 7) is 5.49. The van der Waals surface area contributed by atoms with Crippen LogP contribution in [0, 0.1) is 0 Å². The van der Waals surface area contributed by atoms with Crippen LogP contribution >= 0.6 is 27.5 Å². The molecule has 1 aliphatic rings. The first-order valence-electron chi connectivity index (χ1n) is 8.67. The maximum absolute atomic E-state index is 6.08. The van der Waals surface area contributed by atoms with Gasteiger partial charge in [-0.05, 0) is 30.2 Å². The number of nitrogens with zero attached hydrogens (tertiary/aromatic N) is 4. The Balaban J connectivity index is 1.45. The summed E-state index contributed by atoms with van der Waals surface area (Å²) in [5.41, 5.74) is 2.17. The molecule has 6 nitrogen and oxygen atoms in total. The molecule has 3 rings (SSSR count). The van der Waals surface area contributed by atoms with Gasteiger partial charge in [-0.25, -0.2) is 0 Å². The summed E-state index contributed by atoms with van der Waals surface area (Å²) in [7, 11) is 1.83. The molecule has 0 aliphatic carbocycles. The summed E-state index contributed by atoms with van der Waals surface area (Å²) in [6.07, 6.45) is 2.50. The van der Waals surface area contributed by atoms with Crippen LogP contribution in [0.1, 0.15) is 11.3 Å². The molecule has 140 valence electrons. The minimum atomic E-state index is 0.760. The van der Waals surface area contributed by atoms with Crippen molar-refractivity contribution < 1.29 is 4.52 Å². The number of hydrogen-bond acceptors (Lipinski definition) is 4. The summed E-state index contributed by atoms with van der Waals surface area (Å²) in [5, 5.41) is 8.20. The second-order valence-corrected chi connectivity index (χ2v) is 7.50. The minimum absolute atomic E-state index is 0.760. The van der Waals surface area contributed by atoms with E-state index in [1.54, 1.807) is 6.26 Å². The average Bonchev–Trinajstić information content (AvgIpc) is 3.15. The highest BCUT2D eigenvalue weighted by Crippen LogP contribution is 2.21. The molecule has 0 unspecified atom stereocenters. The van der Waals surface area contributed by atoms with Crippen LogP contribution in [-0.2, 0) is 13.0 Å². The molecule has 1 N–H and O–H groups in total. The first-order chi connectivity index (χ1) is 12.7. The standard InChI is InChI=1S/C18H23BrClN5O/c1-21-18(22-6-4-14-12-15(20)2-3-17(14)19)25-9-7-24(8-10-25)13-16-5-11-26-23-16/h2-3,5,11-12H,4,6-10,13H2,1H3,(H,21,22). The predicted octanol–water partition coefficient (Wildman–Crippen LogP) is 3.03. The Morgan fingerprint density at radius 2 is 2.12 bits per heavy atom. The first-order valence-corrected chi connectivity index (χ1v) is 9.84. The average molecular weight is 441 g/mol. The fraction of sp³-hybridized carbons (Fsp3) is 0.444. The molecule has 0 amide bonds. The van der Waals surface area contributed by atoms with Crippen molar-refractivity contribution in [2.45, 2.75) is 13.0 Å². The van der Waals surface area contributed by atoms with Crippen molar-refractivity contribution in [3.63, 3.8) is 0 Å². The van der Waals surface area contributed by atoms with Gasteiger partial charge in [-0.3, -0.25) is 9.89 Å². The number of nitrogens with one attached hydrogen (secondary N) is 1. The van der Waals surface area contributed by atoms with E-state index in [0.717, 1.165) is 66.8 Å². The van der Waals surface area contributed by atoms with Gasteiger partial charge in [0.2, 0.25) is 0 Å². The Kier molecular flexibility index (Phi) is 6.93. The van der Waals surface area contributed by atoms with Gasteiger partial charge in [-0.2, -0.15) is 0 Å². The Hall–Kier alpha value is -1.57. The Morgan fingerprint density at radius 3 is 2.81 bits per heavy atom. The normalized spacial score (nSPS) is 16.1. The van der Waals surface area contributed by atoms with E-state index >= 15 is 0 Å². The highest BCUT2D eigenvalue weighted by atomic mass is 79.9. The van der Waals surface area contributed by atoms with Gasteiger partial charge in [0.25, 0.3) is 0 Å². The smallest absolute Gasteiger partial charge is 0.193 e. The number of aromatic nitrogens is 1. The molecule has 1 aliphatic heterocycles. The molecule has 1 fully saturated rings. The summed E-state index contributed by atoms with van der Waals surface area (Å²) in [6, 6.07) is 7.79. The molecule has 1 saturated heterocycles. The van der Waals surface area contributed by atoms with E-state index in [-0.39, 0.29) is 0 Å². The lowest BCUT2D eigenvalue weighted by molar-refractivity contribution is 0.169. The van der Waals surface area contributed by atoms with Crippen LogP contribution in [0.5, 0.6) is 0 Å². The highest BCUT2D eigenvalue weighted by molar-refractivity contribution is 9.10. The molecule has 0 bridgehead atoms. The quantitative estimate of drug-likeness (QED) is 0.572. The molecular formula is C18H23BrClN5O. The SMILES string of the molecule is CN=C(NCCc1cc(Cl)ccc1Br)N1CCN(Cc2ccon2)CC1. The van der Waals surface area contributed by atoms with E-state index in [2.05, 4.69) is 41.2 Å². The second-order valence-electron chi connectivity index (χ2n) is 6.21. The predicted molar refractivity (Wildman–Crippen MR) is 108 cm³/mol. The van der Waals surface area contributed by atoms with Crippen LogP contribution in [0.4, 0.5) is 0 Å². The molecule has 26 heavy (non-hydrogen) atoms. The Morgan fingerprint density at radius 1 is 1.31 bits per heavy atom. The van der Waals surface area contributed by atoms with Gasteiger partial charge < -0.3 is 14.7 Å². The first kappa shape index (κ1) is 19.2. The zero-order valence-corrected chi connectivity index (χ0v) is 17.1. The summed E-state index contributed by atoms with van der Waals surface area (Å²) >= 11 is 9.66. The monoisotopic (exact) mass is 439 g/mol. The maximum Gasteiger partial charge on any atom is 0.193 e. The molecule has 2 aromatic rings. The minimum Gasteiger partial charge on any atom is -0.364 e. The molecule has 2 heterocycles. The van der Waals surface area contributed by atoms with Gasteiger partial charge >= 0.3 is 0 Å². The van der Waals surface area contributed by atoms with Crippen LogP contribution in [0.2, 0.25) is 5.02 Å². The van der Waals surface area contributed by atoms with Crippen molar-refractivity contribution in [3.8, 4) is 0 Å². The zero-order chi connectivity index (χ0) is 18.4. The topological polar surface area (TPSA) is 56.9 Å². The van der Waals surface area contributed by atoms with E-state index < -0.39 is 0 Å². The van der Waals surface area contributed by atoms with Crippen molar-refractivity contribution in [1.29, 1.82) is 0 Å². The van der Waals surface area contributed by atoms with Gasteiger partial charge in [-0.15, -0.1) is 0 Å². The molecule has 8 heteroatoms. The van der Waals surface area contributed by atoms with Crippen molar-refractivity contribution in [2.75, 3.05) is 39.8 Å². The van der Waals surface area contributed by atoms with Crippen LogP contribution in [0.15, 0.2) is 44.5 Å². The number of rotatable bonds is 5. The number of benzene rings is 1. The zero-order valence-electron chi connectivity index (χ0n) is 14.8. The Bertz CT molecular complexity index is 729. The summed E-state index contributed by atoms with van der Waals surface area (Å²) in [4.78, 5) is 9.11. The third-order valence-corrected chi connectivity index (χ3v) is 5.45. The fourth-order valence-corrected chi connectivity index (χ4v) is 3.68. The lowest BCUT2D eigenvalue weighted by Crippen LogP contribution is -2.52. The van der Waals surface area contributed by atoms with Crippen molar-refractivity contribution in [1.82, 2.24) is 20.3 Å². The number of hydrogen-bond donors (Lipinski definition) is 1. The fourth-order valence-electron chi connectivity index (χ4n) is 3.04. The lowest BCUT2D eigenvalue weighted by atomic mass is 10.1. The molecule has 0 saturated carbocycles. The lowest BCUT2D eigenvalue weighted by Gasteiger charge is -2.36. The molecule has 1 aromatic heterocycles. The molecule has 0 radical (unpaired) electrons. The molecule has 0 spiro atoms.